The van der Waals surface area contributed by atoms with Gasteiger partial charge in [0.2, 0.25) is 11.4 Å². The SMILES string of the molecule is CC(O)C[n+]1c(-c2ccccc2)cc(-c2ccccc2)cc1-c1ccccc1.[O-][Cl+3]([O-])([O-])[O-]. The zero-order valence-electron chi connectivity index (χ0n) is 18.0. The summed E-state index contributed by atoms with van der Waals surface area (Å²) < 4.78 is 36.2. The number of halogens is 1. The lowest BCUT2D eigenvalue weighted by molar-refractivity contribution is -2.00. The fraction of sp³-hybridized carbons (Fsp3) is 0.115. The first-order valence-corrected chi connectivity index (χ1v) is 11.5. The fourth-order valence-electron chi connectivity index (χ4n) is 3.58. The number of aromatic nitrogens is 1. The number of nitrogens with zero attached hydrogens (tertiary/aromatic N) is 1. The van der Waals surface area contributed by atoms with Crippen molar-refractivity contribution in [3.05, 3.63) is 103 Å². The van der Waals surface area contributed by atoms with Crippen LogP contribution in [0.4, 0.5) is 0 Å². The molecular formula is C26H24ClNO5. The third kappa shape index (κ3) is 7.47. The predicted octanol–water partition coefficient (Wildman–Crippen LogP) is 0.600. The zero-order valence-corrected chi connectivity index (χ0v) is 18.8. The maximum Gasteiger partial charge on any atom is 0.213 e. The second-order valence-corrected chi connectivity index (χ2v) is 8.21. The molecule has 1 aromatic heterocycles. The second kappa shape index (κ2) is 11.2. The van der Waals surface area contributed by atoms with Gasteiger partial charge >= 0.3 is 0 Å². The quantitative estimate of drug-likeness (QED) is 0.433. The Bertz CT molecular complexity index is 1080. The normalized spacial score (nSPS) is 11.9. The molecule has 3 aromatic carbocycles. The van der Waals surface area contributed by atoms with Gasteiger partial charge in [-0.25, -0.2) is 18.6 Å². The Kier molecular flexibility index (Phi) is 8.30. The molecule has 0 saturated heterocycles. The lowest BCUT2D eigenvalue weighted by atomic mass is 9.99. The first-order valence-electron chi connectivity index (χ1n) is 10.3. The maximum atomic E-state index is 10.2. The highest BCUT2D eigenvalue weighted by Crippen LogP contribution is 2.29. The number of aliphatic hydroxyl groups is 1. The van der Waals surface area contributed by atoms with Gasteiger partial charge < -0.3 is 5.11 Å². The van der Waals surface area contributed by atoms with E-state index in [9.17, 15) is 5.11 Å². The van der Waals surface area contributed by atoms with Crippen LogP contribution in [0.25, 0.3) is 33.6 Å². The van der Waals surface area contributed by atoms with E-state index in [-0.39, 0.29) is 0 Å². The Morgan fingerprint density at radius 1 is 0.636 bits per heavy atom. The van der Waals surface area contributed by atoms with Gasteiger partial charge in [0.05, 0.1) is 0 Å². The van der Waals surface area contributed by atoms with Gasteiger partial charge in [-0.3, -0.25) is 0 Å². The summed E-state index contributed by atoms with van der Waals surface area (Å²) in [5, 5.41) is 10.2. The van der Waals surface area contributed by atoms with Crippen molar-refractivity contribution in [2.24, 2.45) is 0 Å². The van der Waals surface area contributed by atoms with E-state index in [4.69, 9.17) is 18.6 Å². The molecule has 0 radical (unpaired) electrons. The lowest BCUT2D eigenvalue weighted by Gasteiger charge is -2.17. The molecule has 0 spiro atoms. The van der Waals surface area contributed by atoms with Gasteiger partial charge in [0.25, 0.3) is 0 Å². The summed E-state index contributed by atoms with van der Waals surface area (Å²) in [4.78, 5) is 0. The van der Waals surface area contributed by atoms with Crippen LogP contribution < -0.4 is 23.2 Å². The van der Waals surface area contributed by atoms with Crippen LogP contribution in [0.5, 0.6) is 0 Å². The minimum Gasteiger partial charge on any atom is -0.387 e. The van der Waals surface area contributed by atoms with Gasteiger partial charge in [-0.2, -0.15) is 4.57 Å². The summed E-state index contributed by atoms with van der Waals surface area (Å²) in [7, 11) is -4.94. The van der Waals surface area contributed by atoms with Crippen LogP contribution in [0.2, 0.25) is 0 Å². The Morgan fingerprint density at radius 2 is 0.970 bits per heavy atom. The van der Waals surface area contributed by atoms with E-state index in [2.05, 4.69) is 89.5 Å². The zero-order chi connectivity index (χ0) is 23.8. The molecule has 0 aliphatic carbocycles. The molecule has 0 amide bonds. The minimum absolute atomic E-state index is 0.447. The maximum absolute atomic E-state index is 10.2. The van der Waals surface area contributed by atoms with Crippen LogP contribution in [0.3, 0.4) is 0 Å². The van der Waals surface area contributed by atoms with E-state index in [1.807, 2.05) is 25.1 Å². The number of hydrogen-bond donors (Lipinski definition) is 1. The molecule has 1 heterocycles. The van der Waals surface area contributed by atoms with E-state index in [0.717, 1.165) is 22.5 Å². The average molecular weight is 466 g/mol. The third-order valence-corrected chi connectivity index (χ3v) is 4.86. The topological polar surface area (TPSA) is 116 Å². The predicted molar refractivity (Wildman–Crippen MR) is 115 cm³/mol. The largest absolute Gasteiger partial charge is 0.387 e. The Morgan fingerprint density at radius 3 is 1.30 bits per heavy atom. The molecule has 0 fully saturated rings. The van der Waals surface area contributed by atoms with E-state index < -0.39 is 16.3 Å². The summed E-state index contributed by atoms with van der Waals surface area (Å²) in [6, 6.07) is 35.7. The van der Waals surface area contributed by atoms with E-state index in [1.165, 1.54) is 11.1 Å². The van der Waals surface area contributed by atoms with Crippen molar-refractivity contribution in [3.8, 4) is 33.6 Å². The van der Waals surface area contributed by atoms with E-state index >= 15 is 0 Å². The monoisotopic (exact) mass is 465 g/mol. The molecule has 0 saturated carbocycles. The van der Waals surface area contributed by atoms with Crippen LogP contribution in [0.15, 0.2) is 103 Å². The summed E-state index contributed by atoms with van der Waals surface area (Å²) in [5.74, 6) is 0. The molecule has 4 aromatic rings. The van der Waals surface area contributed by atoms with Gasteiger partial charge in [-0.1, -0.05) is 66.7 Å². The number of aliphatic hydroxyl groups excluding tert-OH is 1. The Balaban J connectivity index is 0.000000555. The second-order valence-electron chi connectivity index (χ2n) is 7.45. The molecular weight excluding hydrogens is 442 g/mol. The first kappa shape index (κ1) is 24.5. The van der Waals surface area contributed by atoms with Crippen molar-refractivity contribution in [2.45, 2.75) is 19.6 Å². The van der Waals surface area contributed by atoms with Crippen molar-refractivity contribution < 1.29 is 38.6 Å². The highest BCUT2D eigenvalue weighted by molar-refractivity contribution is 5.73. The number of hydrogen-bond acceptors (Lipinski definition) is 5. The molecule has 6 nitrogen and oxygen atoms in total. The third-order valence-electron chi connectivity index (χ3n) is 4.86. The fourth-order valence-corrected chi connectivity index (χ4v) is 3.58. The van der Waals surface area contributed by atoms with Crippen molar-refractivity contribution in [2.75, 3.05) is 0 Å². The van der Waals surface area contributed by atoms with Crippen molar-refractivity contribution in [1.82, 2.24) is 0 Å². The molecule has 7 heteroatoms. The molecule has 0 bridgehead atoms. The van der Waals surface area contributed by atoms with Crippen LogP contribution >= 0.6 is 0 Å². The molecule has 1 unspecified atom stereocenters. The average Bonchev–Trinajstić information content (AvgIpc) is 2.79. The Hall–Kier alpha value is -3.10. The molecule has 1 N–H and O–H groups in total. The summed E-state index contributed by atoms with van der Waals surface area (Å²) in [5.41, 5.74) is 6.82. The number of rotatable bonds is 5. The summed E-state index contributed by atoms with van der Waals surface area (Å²) in [6.45, 7) is 2.37. The summed E-state index contributed by atoms with van der Waals surface area (Å²) in [6.07, 6.45) is -0.447. The minimum atomic E-state index is -4.94. The van der Waals surface area contributed by atoms with Crippen LogP contribution in [0, 0.1) is 10.2 Å². The molecule has 33 heavy (non-hydrogen) atoms. The van der Waals surface area contributed by atoms with Crippen LogP contribution in [-0.2, 0) is 6.54 Å². The van der Waals surface area contributed by atoms with Crippen molar-refractivity contribution in [3.63, 3.8) is 0 Å². The molecule has 0 aliphatic heterocycles. The van der Waals surface area contributed by atoms with Crippen LogP contribution in [-0.4, -0.2) is 11.2 Å². The first-order chi connectivity index (χ1) is 15.7. The van der Waals surface area contributed by atoms with Crippen molar-refractivity contribution >= 4 is 0 Å². The highest BCUT2D eigenvalue weighted by atomic mass is 35.7. The van der Waals surface area contributed by atoms with Crippen molar-refractivity contribution in [1.29, 1.82) is 0 Å². The Labute approximate surface area is 195 Å². The number of benzene rings is 3. The molecule has 0 aliphatic rings. The molecule has 4 rings (SSSR count). The van der Waals surface area contributed by atoms with Gasteiger partial charge in [-0.05, 0) is 42.3 Å². The van der Waals surface area contributed by atoms with Crippen LogP contribution in [0.1, 0.15) is 6.92 Å². The van der Waals surface area contributed by atoms with E-state index in [0.29, 0.717) is 6.54 Å². The smallest absolute Gasteiger partial charge is 0.213 e. The van der Waals surface area contributed by atoms with Gasteiger partial charge in [0.1, 0.15) is 6.10 Å². The molecule has 1 atom stereocenters. The lowest BCUT2D eigenvalue weighted by Crippen LogP contribution is -2.68. The molecule has 170 valence electrons. The van der Waals surface area contributed by atoms with E-state index in [1.54, 1.807) is 0 Å². The standard InChI is InChI=1S/C26H24NO.ClHO4/c1-20(28)19-27-25(22-13-7-3-8-14-22)17-24(21-11-5-2-6-12-21)18-26(27)23-15-9-4-10-16-23;2-1(3,4)5/h2-18,20,28H,19H2,1H3;(H,2,3,4,5)/q+1;/p-1. The number of pyridine rings is 1. The van der Waals surface area contributed by atoms with Gasteiger partial charge in [-0.15, -0.1) is 10.2 Å². The highest BCUT2D eigenvalue weighted by Gasteiger charge is 2.23. The van der Waals surface area contributed by atoms with Gasteiger partial charge in [0, 0.05) is 23.3 Å². The van der Waals surface area contributed by atoms with Gasteiger partial charge in [0.15, 0.2) is 6.54 Å². The summed E-state index contributed by atoms with van der Waals surface area (Å²) >= 11 is 0.